The van der Waals surface area contributed by atoms with Gasteiger partial charge in [0.15, 0.2) is 0 Å². The molecule has 0 bridgehead atoms. The average Bonchev–Trinajstić information content (AvgIpc) is 3.05. The standard InChI is InChI=1S/C21H20F3N3O/c22-14-6-4-13(5-7-14)11-27-12-15(20-16(23)2-1-3-19(20)27)21(28)26-18-8-9-25-10-17(18)24/h1-7,12,17-18,25H,8-11H2,(H,26,28). The number of amides is 1. The van der Waals surface area contributed by atoms with Crippen molar-refractivity contribution in [3.8, 4) is 0 Å². The number of aromatic nitrogens is 1. The van der Waals surface area contributed by atoms with Crippen LogP contribution in [-0.2, 0) is 6.54 Å². The molecular weight excluding hydrogens is 367 g/mol. The largest absolute Gasteiger partial charge is 0.346 e. The van der Waals surface area contributed by atoms with Crippen LogP contribution in [-0.4, -0.2) is 35.8 Å². The maximum Gasteiger partial charge on any atom is 0.253 e. The minimum absolute atomic E-state index is 0.168. The number of nitrogens with one attached hydrogen (secondary N) is 2. The second-order valence-electron chi connectivity index (χ2n) is 7.02. The van der Waals surface area contributed by atoms with Crippen LogP contribution in [0.2, 0.25) is 0 Å². The number of rotatable bonds is 4. The maximum atomic E-state index is 14.5. The smallest absolute Gasteiger partial charge is 0.253 e. The van der Waals surface area contributed by atoms with E-state index in [1.165, 1.54) is 18.2 Å². The van der Waals surface area contributed by atoms with Crippen molar-refractivity contribution in [1.82, 2.24) is 15.2 Å². The van der Waals surface area contributed by atoms with Gasteiger partial charge in [-0.3, -0.25) is 4.79 Å². The first-order valence-electron chi connectivity index (χ1n) is 9.20. The van der Waals surface area contributed by atoms with Crippen LogP contribution in [0.15, 0.2) is 48.7 Å². The van der Waals surface area contributed by atoms with Gasteiger partial charge >= 0.3 is 0 Å². The summed E-state index contributed by atoms with van der Waals surface area (Å²) in [5, 5.41) is 5.84. The zero-order valence-electron chi connectivity index (χ0n) is 15.1. The van der Waals surface area contributed by atoms with Crippen molar-refractivity contribution in [2.75, 3.05) is 13.1 Å². The molecule has 2 heterocycles. The van der Waals surface area contributed by atoms with Crippen LogP contribution in [0.4, 0.5) is 13.2 Å². The first kappa shape index (κ1) is 18.6. The molecule has 4 rings (SSSR count). The van der Waals surface area contributed by atoms with Gasteiger partial charge in [-0.2, -0.15) is 0 Å². The van der Waals surface area contributed by atoms with E-state index in [0.717, 1.165) is 5.56 Å². The number of halogens is 3. The summed E-state index contributed by atoms with van der Waals surface area (Å²) in [6, 6.07) is 9.99. The highest BCUT2D eigenvalue weighted by Crippen LogP contribution is 2.26. The summed E-state index contributed by atoms with van der Waals surface area (Å²) in [6.45, 7) is 1.16. The fraction of sp³-hybridized carbons (Fsp3) is 0.286. The SMILES string of the molecule is O=C(NC1CCNCC1F)c1cn(Cc2ccc(F)cc2)c2cccc(F)c12. The Balaban J connectivity index is 1.68. The fourth-order valence-electron chi connectivity index (χ4n) is 3.63. The van der Waals surface area contributed by atoms with Gasteiger partial charge in [-0.25, -0.2) is 13.2 Å². The summed E-state index contributed by atoms with van der Waals surface area (Å²) in [4.78, 5) is 12.8. The number of carbonyl (C=O) groups excluding carboxylic acids is 1. The number of nitrogens with zero attached hydrogens (tertiary/aromatic N) is 1. The van der Waals surface area contributed by atoms with Crippen LogP contribution < -0.4 is 10.6 Å². The molecule has 7 heteroatoms. The van der Waals surface area contributed by atoms with Gasteiger partial charge in [-0.15, -0.1) is 0 Å². The van der Waals surface area contributed by atoms with Crippen molar-refractivity contribution in [3.63, 3.8) is 0 Å². The monoisotopic (exact) mass is 387 g/mol. The van der Waals surface area contributed by atoms with E-state index in [1.54, 1.807) is 35.0 Å². The Labute approximate surface area is 160 Å². The highest BCUT2D eigenvalue weighted by Gasteiger charge is 2.28. The van der Waals surface area contributed by atoms with Crippen LogP contribution in [0.5, 0.6) is 0 Å². The first-order valence-corrected chi connectivity index (χ1v) is 9.20. The number of hydrogen-bond donors (Lipinski definition) is 2. The summed E-state index contributed by atoms with van der Waals surface area (Å²) in [6.07, 6.45) is 0.861. The summed E-state index contributed by atoms with van der Waals surface area (Å²) in [7, 11) is 0. The molecule has 2 aromatic carbocycles. The molecule has 1 fully saturated rings. The van der Waals surface area contributed by atoms with Crippen molar-refractivity contribution in [2.24, 2.45) is 0 Å². The highest BCUT2D eigenvalue weighted by atomic mass is 19.1. The van der Waals surface area contributed by atoms with Crippen molar-refractivity contribution < 1.29 is 18.0 Å². The van der Waals surface area contributed by atoms with Crippen molar-refractivity contribution >= 4 is 16.8 Å². The summed E-state index contributed by atoms with van der Waals surface area (Å²) >= 11 is 0. The second kappa shape index (κ2) is 7.67. The Morgan fingerprint density at radius 2 is 1.96 bits per heavy atom. The highest BCUT2D eigenvalue weighted by molar-refractivity contribution is 6.07. The number of piperidine rings is 1. The van der Waals surface area contributed by atoms with Crippen molar-refractivity contribution in [1.29, 1.82) is 0 Å². The zero-order valence-corrected chi connectivity index (χ0v) is 15.1. The third-order valence-corrected chi connectivity index (χ3v) is 5.09. The molecule has 1 aliphatic heterocycles. The Bertz CT molecular complexity index is 1000. The van der Waals surface area contributed by atoms with Crippen LogP contribution in [0.25, 0.3) is 10.9 Å². The summed E-state index contributed by atoms with van der Waals surface area (Å²) < 4.78 is 43.5. The van der Waals surface area contributed by atoms with E-state index in [1.807, 2.05) is 0 Å². The summed E-state index contributed by atoms with van der Waals surface area (Å²) in [5.41, 5.74) is 1.54. The van der Waals surface area contributed by atoms with Crippen molar-refractivity contribution in [3.05, 3.63) is 71.4 Å². The van der Waals surface area contributed by atoms with Gasteiger partial charge in [0.1, 0.15) is 17.8 Å². The second-order valence-corrected chi connectivity index (χ2v) is 7.02. The lowest BCUT2D eigenvalue weighted by Gasteiger charge is -2.27. The van der Waals surface area contributed by atoms with Crippen LogP contribution in [0.3, 0.4) is 0 Å². The van der Waals surface area contributed by atoms with E-state index < -0.39 is 23.9 Å². The minimum atomic E-state index is -1.19. The normalized spacial score (nSPS) is 19.7. The Morgan fingerprint density at radius 3 is 2.71 bits per heavy atom. The molecule has 2 N–H and O–H groups in total. The molecule has 0 aliphatic carbocycles. The number of fused-ring (bicyclic) bond motifs is 1. The Morgan fingerprint density at radius 1 is 1.18 bits per heavy atom. The average molecular weight is 387 g/mol. The number of carbonyl (C=O) groups is 1. The van der Waals surface area contributed by atoms with E-state index in [2.05, 4.69) is 10.6 Å². The molecule has 146 valence electrons. The lowest BCUT2D eigenvalue weighted by Crippen LogP contribution is -2.50. The number of hydrogen-bond acceptors (Lipinski definition) is 2. The molecule has 1 amide bonds. The molecule has 2 unspecified atom stereocenters. The molecule has 0 spiro atoms. The van der Waals surface area contributed by atoms with Crippen LogP contribution in [0.1, 0.15) is 22.3 Å². The number of benzene rings is 2. The predicted octanol–water partition coefficient (Wildman–Crippen LogP) is 3.40. The maximum absolute atomic E-state index is 14.5. The van der Waals surface area contributed by atoms with E-state index in [-0.39, 0.29) is 23.3 Å². The van der Waals surface area contributed by atoms with E-state index in [9.17, 15) is 18.0 Å². The van der Waals surface area contributed by atoms with Gasteiger partial charge in [0.2, 0.25) is 0 Å². The van der Waals surface area contributed by atoms with Gasteiger partial charge < -0.3 is 15.2 Å². The third kappa shape index (κ3) is 3.62. The van der Waals surface area contributed by atoms with Crippen LogP contribution in [0, 0.1) is 11.6 Å². The lowest BCUT2D eigenvalue weighted by molar-refractivity contribution is 0.0893. The van der Waals surface area contributed by atoms with Gasteiger partial charge in [0.05, 0.1) is 17.1 Å². The third-order valence-electron chi connectivity index (χ3n) is 5.09. The van der Waals surface area contributed by atoms with E-state index in [0.29, 0.717) is 25.0 Å². The topological polar surface area (TPSA) is 46.1 Å². The molecule has 28 heavy (non-hydrogen) atoms. The predicted molar refractivity (Wildman–Crippen MR) is 101 cm³/mol. The molecular formula is C21H20F3N3O. The van der Waals surface area contributed by atoms with Crippen molar-refractivity contribution in [2.45, 2.75) is 25.2 Å². The van der Waals surface area contributed by atoms with E-state index in [4.69, 9.17) is 0 Å². The van der Waals surface area contributed by atoms with E-state index >= 15 is 0 Å². The molecule has 1 aromatic heterocycles. The molecule has 0 saturated carbocycles. The minimum Gasteiger partial charge on any atom is -0.346 e. The Kier molecular flexibility index (Phi) is 5.09. The zero-order chi connectivity index (χ0) is 19.7. The molecule has 2 atom stereocenters. The summed E-state index contributed by atoms with van der Waals surface area (Å²) in [5.74, 6) is -1.35. The quantitative estimate of drug-likeness (QED) is 0.721. The van der Waals surface area contributed by atoms with Gasteiger partial charge in [-0.1, -0.05) is 18.2 Å². The van der Waals surface area contributed by atoms with Gasteiger partial charge in [0, 0.05) is 24.7 Å². The molecule has 4 nitrogen and oxygen atoms in total. The Hall–Kier alpha value is -2.80. The van der Waals surface area contributed by atoms with Crippen LogP contribution >= 0.6 is 0 Å². The van der Waals surface area contributed by atoms with Gasteiger partial charge in [-0.05, 0) is 42.8 Å². The molecule has 1 aliphatic rings. The fourth-order valence-corrected chi connectivity index (χ4v) is 3.63. The first-order chi connectivity index (χ1) is 13.5. The number of alkyl halides is 1. The lowest BCUT2D eigenvalue weighted by atomic mass is 10.0. The molecule has 1 saturated heterocycles. The molecule has 0 radical (unpaired) electrons. The molecule has 3 aromatic rings. The van der Waals surface area contributed by atoms with Gasteiger partial charge in [0.25, 0.3) is 5.91 Å².